The lowest BCUT2D eigenvalue weighted by molar-refractivity contribution is -0.130. The number of amides is 2. The maximum atomic E-state index is 12.2. The molecule has 6 heteroatoms. The molecule has 1 aromatic carbocycles. The second kappa shape index (κ2) is 6.89. The Kier molecular flexibility index (Phi) is 4.69. The minimum Gasteiger partial charge on any atom is -0.485 e. The fourth-order valence-electron chi connectivity index (χ4n) is 2.88. The Hall–Kier alpha value is -2.24. The van der Waals surface area contributed by atoms with E-state index in [1.807, 2.05) is 30.0 Å². The summed E-state index contributed by atoms with van der Waals surface area (Å²) in [7, 11) is 0. The smallest absolute Gasteiger partial charge is 0.264 e. The topological polar surface area (TPSA) is 67.9 Å². The molecule has 1 saturated heterocycles. The highest BCUT2D eigenvalue weighted by molar-refractivity contribution is 5.81. The van der Waals surface area contributed by atoms with Crippen LogP contribution in [-0.2, 0) is 9.59 Å². The Balaban J connectivity index is 1.45. The third-order valence-electron chi connectivity index (χ3n) is 4.13. The molecule has 2 atom stereocenters. The van der Waals surface area contributed by atoms with Gasteiger partial charge in [-0.1, -0.05) is 19.1 Å². The molecule has 1 N–H and O–H groups in total. The van der Waals surface area contributed by atoms with Crippen LogP contribution in [0.4, 0.5) is 0 Å². The minimum atomic E-state index is -0.634. The van der Waals surface area contributed by atoms with Crippen LogP contribution in [0.5, 0.6) is 11.5 Å². The van der Waals surface area contributed by atoms with Gasteiger partial charge in [0.2, 0.25) is 12.0 Å². The van der Waals surface area contributed by atoms with E-state index >= 15 is 0 Å². The summed E-state index contributed by atoms with van der Waals surface area (Å²) in [6, 6.07) is 7.32. The van der Waals surface area contributed by atoms with Gasteiger partial charge in [-0.2, -0.15) is 0 Å². The van der Waals surface area contributed by atoms with E-state index in [4.69, 9.17) is 9.47 Å². The number of para-hydroxylation sites is 2. The van der Waals surface area contributed by atoms with Gasteiger partial charge in [0, 0.05) is 26.1 Å². The minimum absolute atomic E-state index is 0.181. The molecular formula is C17H22N2O4. The number of likely N-dealkylation sites (tertiary alicyclic amines) is 1. The second-order valence-electron chi connectivity index (χ2n) is 6.16. The van der Waals surface area contributed by atoms with E-state index in [1.54, 1.807) is 6.07 Å². The molecule has 2 amide bonds. The number of fused-ring (bicyclic) bond motifs is 1. The fourth-order valence-corrected chi connectivity index (χ4v) is 2.88. The van der Waals surface area contributed by atoms with E-state index in [0.29, 0.717) is 31.0 Å². The van der Waals surface area contributed by atoms with Gasteiger partial charge in [-0.05, 0) is 24.5 Å². The van der Waals surface area contributed by atoms with Crippen molar-refractivity contribution < 1.29 is 19.1 Å². The normalized spacial score (nSPS) is 21.2. The predicted molar refractivity (Wildman–Crippen MR) is 84.3 cm³/mol. The first kappa shape index (κ1) is 15.6. The van der Waals surface area contributed by atoms with Gasteiger partial charge in [0.15, 0.2) is 11.5 Å². The summed E-state index contributed by atoms with van der Waals surface area (Å²) in [5.74, 6) is 1.49. The number of hydrogen-bond donors (Lipinski definition) is 1. The lowest BCUT2D eigenvalue weighted by atomic mass is 10.1. The number of carbonyl (C=O) groups is 2. The van der Waals surface area contributed by atoms with Crippen LogP contribution in [0.1, 0.15) is 19.8 Å². The van der Waals surface area contributed by atoms with E-state index in [0.717, 1.165) is 13.0 Å². The molecule has 2 aliphatic heterocycles. The summed E-state index contributed by atoms with van der Waals surface area (Å²) in [6.07, 6.45) is 0.946. The number of rotatable bonds is 5. The van der Waals surface area contributed by atoms with Crippen molar-refractivity contribution in [3.63, 3.8) is 0 Å². The molecule has 0 aromatic heterocycles. The van der Waals surface area contributed by atoms with E-state index in [-0.39, 0.29) is 24.3 Å². The molecule has 1 fully saturated rings. The van der Waals surface area contributed by atoms with Gasteiger partial charge in [0.05, 0.1) is 0 Å². The average molecular weight is 318 g/mol. The van der Waals surface area contributed by atoms with Crippen molar-refractivity contribution in [1.82, 2.24) is 10.2 Å². The zero-order chi connectivity index (χ0) is 16.2. The molecule has 0 aliphatic carbocycles. The van der Waals surface area contributed by atoms with Crippen molar-refractivity contribution in [2.24, 2.45) is 5.92 Å². The maximum absolute atomic E-state index is 12.2. The third kappa shape index (κ3) is 3.75. The number of benzene rings is 1. The highest BCUT2D eigenvalue weighted by Crippen LogP contribution is 2.30. The molecule has 124 valence electrons. The molecule has 0 spiro atoms. The molecule has 3 rings (SSSR count). The van der Waals surface area contributed by atoms with Crippen molar-refractivity contribution >= 4 is 11.8 Å². The first-order valence-corrected chi connectivity index (χ1v) is 8.07. The summed E-state index contributed by atoms with van der Waals surface area (Å²) < 4.78 is 11.2. The third-order valence-corrected chi connectivity index (χ3v) is 4.13. The lowest BCUT2D eigenvalue weighted by Crippen LogP contribution is -2.46. The number of hydrogen-bond acceptors (Lipinski definition) is 4. The van der Waals surface area contributed by atoms with Crippen molar-refractivity contribution in [3.05, 3.63) is 24.3 Å². The summed E-state index contributed by atoms with van der Waals surface area (Å²) >= 11 is 0. The Bertz CT molecular complexity index is 590. The van der Waals surface area contributed by atoms with Gasteiger partial charge in [-0.25, -0.2) is 0 Å². The van der Waals surface area contributed by atoms with Crippen LogP contribution in [-0.4, -0.2) is 49.1 Å². The van der Waals surface area contributed by atoms with Crippen molar-refractivity contribution in [2.75, 3.05) is 26.2 Å². The molecule has 23 heavy (non-hydrogen) atoms. The molecule has 0 saturated carbocycles. The number of nitrogens with zero attached hydrogens (tertiary/aromatic N) is 1. The Labute approximate surface area is 135 Å². The predicted octanol–water partition coefficient (Wildman–Crippen LogP) is 1.20. The highest BCUT2D eigenvalue weighted by Gasteiger charge is 2.28. The number of nitrogens with one attached hydrogen (secondary N) is 1. The zero-order valence-electron chi connectivity index (χ0n) is 13.3. The van der Waals surface area contributed by atoms with Gasteiger partial charge in [-0.15, -0.1) is 0 Å². The lowest BCUT2D eigenvalue weighted by Gasteiger charge is -2.26. The van der Waals surface area contributed by atoms with Gasteiger partial charge in [-0.3, -0.25) is 9.59 Å². The Morgan fingerprint density at radius 2 is 2.17 bits per heavy atom. The van der Waals surface area contributed by atoms with Crippen molar-refractivity contribution in [2.45, 2.75) is 25.9 Å². The van der Waals surface area contributed by atoms with E-state index in [9.17, 15) is 9.59 Å². The quantitative estimate of drug-likeness (QED) is 0.886. The standard InChI is InChI=1S/C17H22N2O4/c1-12(10-19-8-4-7-16(19)20)9-18-17(21)15-11-22-13-5-2-3-6-14(13)23-15/h2-3,5-6,12,15H,4,7-11H2,1H3,(H,18,21)/t12-,15+/m0/s1. The summed E-state index contributed by atoms with van der Waals surface area (Å²) in [5.41, 5.74) is 0. The van der Waals surface area contributed by atoms with Crippen LogP contribution in [0.15, 0.2) is 24.3 Å². The monoisotopic (exact) mass is 318 g/mol. The average Bonchev–Trinajstić information content (AvgIpc) is 2.97. The van der Waals surface area contributed by atoms with Crippen LogP contribution < -0.4 is 14.8 Å². The van der Waals surface area contributed by atoms with E-state index in [1.165, 1.54) is 0 Å². The highest BCUT2D eigenvalue weighted by atomic mass is 16.6. The van der Waals surface area contributed by atoms with Crippen LogP contribution in [0.3, 0.4) is 0 Å². The largest absolute Gasteiger partial charge is 0.485 e. The first-order valence-electron chi connectivity index (χ1n) is 8.07. The van der Waals surface area contributed by atoms with Gasteiger partial charge in [0.25, 0.3) is 5.91 Å². The SMILES string of the molecule is C[C@@H](CNC(=O)[C@H]1COc2ccccc2O1)CN1CCCC1=O. The molecular weight excluding hydrogens is 296 g/mol. The van der Waals surface area contributed by atoms with Crippen LogP contribution in [0.25, 0.3) is 0 Å². The Morgan fingerprint density at radius 3 is 2.91 bits per heavy atom. The van der Waals surface area contributed by atoms with Crippen molar-refractivity contribution in [3.8, 4) is 11.5 Å². The Morgan fingerprint density at radius 1 is 1.39 bits per heavy atom. The molecule has 0 radical (unpaired) electrons. The zero-order valence-corrected chi connectivity index (χ0v) is 13.3. The van der Waals surface area contributed by atoms with Crippen LogP contribution in [0, 0.1) is 5.92 Å². The summed E-state index contributed by atoms with van der Waals surface area (Å²) in [4.78, 5) is 25.7. The first-order chi connectivity index (χ1) is 11.1. The number of ether oxygens (including phenoxy) is 2. The second-order valence-corrected chi connectivity index (χ2v) is 6.16. The molecule has 0 unspecified atom stereocenters. The summed E-state index contributed by atoms with van der Waals surface area (Å²) in [6.45, 7) is 4.27. The van der Waals surface area contributed by atoms with Crippen LogP contribution in [0.2, 0.25) is 0 Å². The number of carbonyl (C=O) groups excluding carboxylic acids is 2. The molecule has 1 aromatic rings. The maximum Gasteiger partial charge on any atom is 0.264 e. The molecule has 0 bridgehead atoms. The van der Waals surface area contributed by atoms with Gasteiger partial charge >= 0.3 is 0 Å². The molecule has 6 nitrogen and oxygen atoms in total. The fraction of sp³-hybridized carbons (Fsp3) is 0.529. The van der Waals surface area contributed by atoms with Gasteiger partial charge < -0.3 is 19.7 Å². The van der Waals surface area contributed by atoms with Gasteiger partial charge in [0.1, 0.15) is 6.61 Å². The van der Waals surface area contributed by atoms with E-state index < -0.39 is 6.10 Å². The molecule has 2 heterocycles. The summed E-state index contributed by atoms with van der Waals surface area (Å²) in [5, 5.41) is 2.89. The van der Waals surface area contributed by atoms with Crippen molar-refractivity contribution in [1.29, 1.82) is 0 Å². The molecule has 2 aliphatic rings. The van der Waals surface area contributed by atoms with Crippen LogP contribution >= 0.6 is 0 Å². The van der Waals surface area contributed by atoms with E-state index in [2.05, 4.69) is 5.32 Å².